The lowest BCUT2D eigenvalue weighted by Gasteiger charge is -2.18. The largest absolute Gasteiger partial charge is 0.497 e. The van der Waals surface area contributed by atoms with Crippen LogP contribution in [-0.2, 0) is 6.61 Å². The van der Waals surface area contributed by atoms with Crippen LogP contribution in [0.4, 0.5) is 11.5 Å². The third kappa shape index (κ3) is 5.36. The number of nitrogens with one attached hydrogen (secondary N) is 1. The Morgan fingerprint density at radius 2 is 1.75 bits per heavy atom. The van der Waals surface area contributed by atoms with Crippen molar-refractivity contribution in [2.45, 2.75) is 40.2 Å². The molecule has 1 aliphatic carbocycles. The maximum atomic E-state index is 6.13. The third-order valence-corrected chi connectivity index (χ3v) is 6.32. The summed E-state index contributed by atoms with van der Waals surface area (Å²) in [7, 11) is 1.67. The first-order valence-corrected chi connectivity index (χ1v) is 11.7. The maximum Gasteiger partial charge on any atom is 0.145 e. The van der Waals surface area contributed by atoms with Gasteiger partial charge in [-0.15, -0.1) is 0 Å². The molecule has 4 rings (SSSR count). The summed E-state index contributed by atoms with van der Waals surface area (Å²) in [5.41, 5.74) is 5.12. The first-order chi connectivity index (χ1) is 15.4. The zero-order chi connectivity index (χ0) is 22.7. The van der Waals surface area contributed by atoms with E-state index in [9.17, 15) is 0 Å². The number of methoxy groups -OCH3 is 1. The number of anilines is 2. The first-order valence-electron chi connectivity index (χ1n) is 10.9. The van der Waals surface area contributed by atoms with Gasteiger partial charge in [-0.1, -0.05) is 18.2 Å². The van der Waals surface area contributed by atoms with Crippen molar-refractivity contribution >= 4 is 27.4 Å². The summed E-state index contributed by atoms with van der Waals surface area (Å²) in [6.45, 7) is 7.38. The van der Waals surface area contributed by atoms with Crippen molar-refractivity contribution in [3.05, 3.63) is 69.3 Å². The van der Waals surface area contributed by atoms with Crippen molar-refractivity contribution in [3.63, 3.8) is 0 Å². The minimum absolute atomic E-state index is 0.488. The topological polar surface area (TPSA) is 52.6 Å². The molecule has 0 spiro atoms. The number of aryl methyl sites for hydroxylation is 2. The molecule has 1 saturated carbocycles. The van der Waals surface area contributed by atoms with Gasteiger partial charge in [0, 0.05) is 11.3 Å². The Kier molecular flexibility index (Phi) is 6.89. The highest BCUT2D eigenvalue weighted by Crippen LogP contribution is 2.36. The SMILES string of the molecule is COc1ccc(COc2ccc(C)c(Nc3nc(C)c(OCC4CC4)cc3Br)c2C)cc1. The van der Waals surface area contributed by atoms with Gasteiger partial charge in [-0.05, 0) is 90.9 Å². The summed E-state index contributed by atoms with van der Waals surface area (Å²) >= 11 is 3.66. The van der Waals surface area contributed by atoms with E-state index >= 15 is 0 Å². The highest BCUT2D eigenvalue weighted by Gasteiger charge is 2.22. The number of hydrogen-bond acceptors (Lipinski definition) is 5. The van der Waals surface area contributed by atoms with Crippen molar-refractivity contribution < 1.29 is 14.2 Å². The molecule has 1 N–H and O–H groups in total. The summed E-state index contributed by atoms with van der Waals surface area (Å²) in [6, 6.07) is 14.0. The smallest absolute Gasteiger partial charge is 0.145 e. The number of ether oxygens (including phenoxy) is 3. The van der Waals surface area contributed by atoms with Gasteiger partial charge in [0.15, 0.2) is 0 Å². The van der Waals surface area contributed by atoms with Crippen LogP contribution in [0.15, 0.2) is 46.9 Å². The molecule has 5 nitrogen and oxygen atoms in total. The second-order valence-corrected chi connectivity index (χ2v) is 9.15. The number of nitrogens with zero attached hydrogens (tertiary/aromatic N) is 1. The van der Waals surface area contributed by atoms with E-state index in [1.54, 1.807) is 7.11 Å². The normalized spacial score (nSPS) is 13.0. The number of aromatic nitrogens is 1. The number of hydrogen-bond donors (Lipinski definition) is 1. The van der Waals surface area contributed by atoms with Gasteiger partial charge in [0.05, 0.1) is 23.9 Å². The summed E-state index contributed by atoms with van der Waals surface area (Å²) < 4.78 is 18.2. The fourth-order valence-corrected chi connectivity index (χ4v) is 3.86. The predicted octanol–water partition coefficient (Wildman–Crippen LogP) is 6.89. The van der Waals surface area contributed by atoms with Gasteiger partial charge in [-0.2, -0.15) is 0 Å². The molecule has 3 aromatic rings. The van der Waals surface area contributed by atoms with Crippen molar-refractivity contribution in [1.29, 1.82) is 0 Å². The van der Waals surface area contributed by atoms with Crippen LogP contribution in [0.5, 0.6) is 17.2 Å². The molecule has 0 radical (unpaired) electrons. The van der Waals surface area contributed by atoms with Crippen molar-refractivity contribution in [2.75, 3.05) is 19.0 Å². The Morgan fingerprint density at radius 1 is 1.00 bits per heavy atom. The number of rotatable bonds is 9. The van der Waals surface area contributed by atoms with Gasteiger partial charge in [-0.25, -0.2) is 4.98 Å². The highest BCUT2D eigenvalue weighted by atomic mass is 79.9. The van der Waals surface area contributed by atoms with E-state index in [1.165, 1.54) is 12.8 Å². The second-order valence-electron chi connectivity index (χ2n) is 8.30. The molecule has 0 bridgehead atoms. The summed E-state index contributed by atoms with van der Waals surface area (Å²) in [5, 5.41) is 3.50. The molecule has 0 amide bonds. The Morgan fingerprint density at radius 3 is 2.44 bits per heavy atom. The number of pyridine rings is 1. The van der Waals surface area contributed by atoms with Crippen molar-refractivity contribution in [1.82, 2.24) is 4.98 Å². The first kappa shape index (κ1) is 22.5. The molecule has 1 fully saturated rings. The summed E-state index contributed by atoms with van der Waals surface area (Å²) in [6.07, 6.45) is 2.53. The van der Waals surface area contributed by atoms with Crippen molar-refractivity contribution in [3.8, 4) is 17.2 Å². The molecule has 0 saturated heterocycles. The molecule has 0 unspecified atom stereocenters. The summed E-state index contributed by atoms with van der Waals surface area (Å²) in [4.78, 5) is 4.75. The second kappa shape index (κ2) is 9.82. The van der Waals surface area contributed by atoms with Gasteiger partial charge in [0.25, 0.3) is 0 Å². The molecule has 1 aromatic heterocycles. The van der Waals surface area contributed by atoms with E-state index in [2.05, 4.69) is 41.2 Å². The highest BCUT2D eigenvalue weighted by molar-refractivity contribution is 9.10. The van der Waals surface area contributed by atoms with Crippen LogP contribution in [0.3, 0.4) is 0 Å². The predicted molar refractivity (Wildman–Crippen MR) is 131 cm³/mol. The Balaban J connectivity index is 1.50. The monoisotopic (exact) mass is 496 g/mol. The average molecular weight is 497 g/mol. The molecule has 0 atom stereocenters. The van der Waals surface area contributed by atoms with Crippen LogP contribution in [-0.4, -0.2) is 18.7 Å². The number of benzene rings is 2. The Hall–Kier alpha value is -2.73. The van der Waals surface area contributed by atoms with Gasteiger partial charge >= 0.3 is 0 Å². The molecule has 32 heavy (non-hydrogen) atoms. The lowest BCUT2D eigenvalue weighted by Crippen LogP contribution is -2.05. The van der Waals surface area contributed by atoms with Crippen LogP contribution in [0.2, 0.25) is 0 Å². The van der Waals surface area contributed by atoms with Crippen LogP contribution >= 0.6 is 15.9 Å². The zero-order valence-corrected chi connectivity index (χ0v) is 20.6. The van der Waals surface area contributed by atoms with E-state index in [1.807, 2.05) is 43.3 Å². The third-order valence-electron chi connectivity index (χ3n) is 5.71. The van der Waals surface area contributed by atoms with E-state index in [0.717, 1.165) is 62.2 Å². The standard InChI is InChI=1S/C26H29BrN2O3/c1-16-5-12-23(31-14-20-8-10-21(30-4)11-9-20)17(2)25(16)29-26-22(27)13-24(18(3)28-26)32-15-19-6-7-19/h5,8-13,19H,6-7,14-15H2,1-4H3,(H,28,29). The van der Waals surface area contributed by atoms with Crippen LogP contribution < -0.4 is 19.5 Å². The van der Waals surface area contributed by atoms with E-state index in [-0.39, 0.29) is 0 Å². The molecule has 6 heteroatoms. The molecule has 1 aliphatic rings. The van der Waals surface area contributed by atoms with Gasteiger partial charge in [0.1, 0.15) is 29.7 Å². The molecular weight excluding hydrogens is 468 g/mol. The number of halogens is 1. The molecule has 0 aliphatic heterocycles. The van der Waals surface area contributed by atoms with Gasteiger partial charge in [0.2, 0.25) is 0 Å². The molecule has 2 aromatic carbocycles. The Labute approximate surface area is 198 Å². The van der Waals surface area contributed by atoms with E-state index < -0.39 is 0 Å². The fraction of sp³-hybridized carbons (Fsp3) is 0.346. The van der Waals surface area contributed by atoms with Crippen LogP contribution in [0.1, 0.15) is 35.2 Å². The van der Waals surface area contributed by atoms with Gasteiger partial charge < -0.3 is 19.5 Å². The zero-order valence-electron chi connectivity index (χ0n) is 19.0. The lowest BCUT2D eigenvalue weighted by molar-refractivity contribution is 0.296. The van der Waals surface area contributed by atoms with E-state index in [4.69, 9.17) is 19.2 Å². The van der Waals surface area contributed by atoms with Crippen molar-refractivity contribution in [2.24, 2.45) is 5.92 Å². The van der Waals surface area contributed by atoms with Crippen LogP contribution in [0.25, 0.3) is 0 Å². The minimum atomic E-state index is 0.488. The quantitative estimate of drug-likeness (QED) is 0.349. The minimum Gasteiger partial charge on any atom is -0.497 e. The molecule has 1 heterocycles. The summed E-state index contributed by atoms with van der Waals surface area (Å²) in [5.74, 6) is 3.98. The maximum absolute atomic E-state index is 6.13. The molecule has 168 valence electrons. The van der Waals surface area contributed by atoms with Gasteiger partial charge in [-0.3, -0.25) is 0 Å². The molecular formula is C26H29BrN2O3. The van der Waals surface area contributed by atoms with E-state index in [0.29, 0.717) is 12.5 Å². The Bertz CT molecular complexity index is 1100. The van der Waals surface area contributed by atoms with Crippen LogP contribution in [0, 0.1) is 26.7 Å². The average Bonchev–Trinajstić information content (AvgIpc) is 3.62. The lowest BCUT2D eigenvalue weighted by atomic mass is 10.1. The fourth-order valence-electron chi connectivity index (χ4n) is 3.47.